The lowest BCUT2D eigenvalue weighted by Crippen LogP contribution is -2.22. The number of carbonyl (C=O) groups is 1. The van der Waals surface area contributed by atoms with Gasteiger partial charge in [-0.05, 0) is 36.9 Å². The highest BCUT2D eigenvalue weighted by atomic mass is 16.1. The molecule has 3 N–H and O–H groups in total. The molecule has 1 amide bonds. The molecule has 0 aromatic carbocycles. The molecule has 0 spiro atoms. The SMILES string of the molecule is CCNC(c1ccn(CCC(N)=O)c1)C1CC1. The van der Waals surface area contributed by atoms with E-state index < -0.39 is 0 Å². The van der Waals surface area contributed by atoms with E-state index in [2.05, 4.69) is 24.5 Å². The fourth-order valence-corrected chi connectivity index (χ4v) is 2.23. The molecular formula is C13H21N3O. The van der Waals surface area contributed by atoms with Gasteiger partial charge >= 0.3 is 0 Å². The Morgan fingerprint density at radius 1 is 1.65 bits per heavy atom. The number of aryl methyl sites for hydroxylation is 1. The standard InChI is InChI=1S/C13H21N3O/c1-2-15-13(10-3-4-10)11-5-7-16(9-11)8-6-12(14)17/h5,7,9-10,13,15H,2-4,6,8H2,1H3,(H2,14,17). The van der Waals surface area contributed by atoms with Crippen molar-refractivity contribution in [2.75, 3.05) is 6.54 Å². The van der Waals surface area contributed by atoms with Crippen LogP contribution in [0, 0.1) is 5.92 Å². The number of amides is 1. The van der Waals surface area contributed by atoms with E-state index >= 15 is 0 Å². The summed E-state index contributed by atoms with van der Waals surface area (Å²) in [6, 6.07) is 2.63. The molecule has 1 aromatic rings. The van der Waals surface area contributed by atoms with Gasteiger partial charge < -0.3 is 15.6 Å². The van der Waals surface area contributed by atoms with Gasteiger partial charge in [0.05, 0.1) is 0 Å². The second kappa shape index (κ2) is 5.36. The molecule has 0 aliphatic heterocycles. The van der Waals surface area contributed by atoms with Crippen LogP contribution in [0.3, 0.4) is 0 Å². The fourth-order valence-electron chi connectivity index (χ4n) is 2.23. The molecule has 1 aliphatic carbocycles. The molecule has 1 atom stereocenters. The lowest BCUT2D eigenvalue weighted by molar-refractivity contribution is -0.118. The number of carbonyl (C=O) groups excluding carboxylic acids is 1. The van der Waals surface area contributed by atoms with Gasteiger partial charge in [0, 0.05) is 31.4 Å². The minimum atomic E-state index is -0.245. The van der Waals surface area contributed by atoms with E-state index in [1.54, 1.807) is 0 Å². The summed E-state index contributed by atoms with van der Waals surface area (Å²) < 4.78 is 2.05. The average molecular weight is 235 g/mol. The van der Waals surface area contributed by atoms with E-state index in [1.165, 1.54) is 18.4 Å². The topological polar surface area (TPSA) is 60.1 Å². The van der Waals surface area contributed by atoms with Crippen LogP contribution in [0.25, 0.3) is 0 Å². The maximum atomic E-state index is 10.7. The Hall–Kier alpha value is -1.29. The number of primary amides is 1. The van der Waals surface area contributed by atoms with Crippen LogP contribution in [0.4, 0.5) is 0 Å². The molecule has 17 heavy (non-hydrogen) atoms. The monoisotopic (exact) mass is 235 g/mol. The molecule has 4 nitrogen and oxygen atoms in total. The number of nitrogens with zero attached hydrogens (tertiary/aromatic N) is 1. The zero-order valence-electron chi connectivity index (χ0n) is 10.4. The zero-order valence-corrected chi connectivity index (χ0v) is 10.4. The normalized spacial score (nSPS) is 17.0. The highest BCUT2D eigenvalue weighted by molar-refractivity contribution is 5.73. The second-order valence-corrected chi connectivity index (χ2v) is 4.77. The number of hydrogen-bond donors (Lipinski definition) is 2. The number of aromatic nitrogens is 1. The number of hydrogen-bond acceptors (Lipinski definition) is 2. The molecule has 1 unspecified atom stereocenters. The van der Waals surface area contributed by atoms with Gasteiger partial charge in [-0.25, -0.2) is 0 Å². The van der Waals surface area contributed by atoms with Gasteiger partial charge in [0.25, 0.3) is 0 Å². The first-order valence-electron chi connectivity index (χ1n) is 6.38. The van der Waals surface area contributed by atoms with Crippen LogP contribution < -0.4 is 11.1 Å². The summed E-state index contributed by atoms with van der Waals surface area (Å²) in [5, 5.41) is 3.53. The predicted molar refractivity (Wildman–Crippen MR) is 67.4 cm³/mol. The van der Waals surface area contributed by atoms with E-state index in [-0.39, 0.29) is 5.91 Å². The van der Waals surface area contributed by atoms with Crippen molar-refractivity contribution in [3.05, 3.63) is 24.0 Å². The van der Waals surface area contributed by atoms with Crippen LogP contribution in [-0.4, -0.2) is 17.0 Å². The Kier molecular flexibility index (Phi) is 3.84. The largest absolute Gasteiger partial charge is 0.370 e. The molecular weight excluding hydrogens is 214 g/mol. The molecule has 2 rings (SSSR count). The first-order chi connectivity index (χ1) is 8.20. The first kappa shape index (κ1) is 12.2. The summed E-state index contributed by atoms with van der Waals surface area (Å²) >= 11 is 0. The van der Waals surface area contributed by atoms with Gasteiger partial charge in [-0.1, -0.05) is 6.92 Å². The van der Waals surface area contributed by atoms with E-state index in [9.17, 15) is 4.79 Å². The van der Waals surface area contributed by atoms with Crippen molar-refractivity contribution in [2.24, 2.45) is 11.7 Å². The van der Waals surface area contributed by atoms with Crippen molar-refractivity contribution in [3.63, 3.8) is 0 Å². The van der Waals surface area contributed by atoms with E-state index in [0.29, 0.717) is 19.0 Å². The van der Waals surface area contributed by atoms with Crippen molar-refractivity contribution in [3.8, 4) is 0 Å². The molecule has 4 heteroatoms. The molecule has 0 saturated heterocycles. The minimum Gasteiger partial charge on any atom is -0.370 e. The Balaban J connectivity index is 1.97. The Bertz CT molecular complexity index is 382. The van der Waals surface area contributed by atoms with Crippen LogP contribution in [0.5, 0.6) is 0 Å². The lowest BCUT2D eigenvalue weighted by atomic mass is 10.1. The maximum absolute atomic E-state index is 10.7. The van der Waals surface area contributed by atoms with Crippen LogP contribution in [-0.2, 0) is 11.3 Å². The third-order valence-corrected chi connectivity index (χ3v) is 3.27. The Morgan fingerprint density at radius 3 is 3.00 bits per heavy atom. The summed E-state index contributed by atoms with van der Waals surface area (Å²) in [7, 11) is 0. The molecule has 1 fully saturated rings. The van der Waals surface area contributed by atoms with Crippen molar-refractivity contribution in [2.45, 2.75) is 38.8 Å². The third kappa shape index (κ3) is 3.33. The molecule has 1 aliphatic rings. The van der Waals surface area contributed by atoms with Crippen molar-refractivity contribution in [1.29, 1.82) is 0 Å². The van der Waals surface area contributed by atoms with Gasteiger partial charge in [-0.2, -0.15) is 0 Å². The van der Waals surface area contributed by atoms with E-state index in [4.69, 9.17) is 5.73 Å². The van der Waals surface area contributed by atoms with E-state index in [1.807, 2.05) is 10.8 Å². The third-order valence-electron chi connectivity index (χ3n) is 3.27. The highest BCUT2D eigenvalue weighted by Crippen LogP contribution is 2.40. The quantitative estimate of drug-likeness (QED) is 0.751. The summed E-state index contributed by atoms with van der Waals surface area (Å²) in [5.41, 5.74) is 6.48. The van der Waals surface area contributed by atoms with Gasteiger partial charge in [0.2, 0.25) is 5.91 Å². The molecule has 1 saturated carbocycles. The van der Waals surface area contributed by atoms with Crippen LogP contribution in [0.15, 0.2) is 18.5 Å². The fraction of sp³-hybridized carbons (Fsp3) is 0.615. The number of nitrogens with one attached hydrogen (secondary N) is 1. The van der Waals surface area contributed by atoms with Crippen LogP contribution in [0.1, 0.15) is 37.8 Å². The highest BCUT2D eigenvalue weighted by Gasteiger charge is 2.31. The van der Waals surface area contributed by atoms with Crippen molar-refractivity contribution < 1.29 is 4.79 Å². The van der Waals surface area contributed by atoms with E-state index in [0.717, 1.165) is 12.5 Å². The van der Waals surface area contributed by atoms with Gasteiger partial charge in [-0.3, -0.25) is 4.79 Å². The molecule has 1 aromatic heterocycles. The predicted octanol–water partition coefficient (Wildman–Crippen LogP) is 1.42. The summed E-state index contributed by atoms with van der Waals surface area (Å²) in [4.78, 5) is 10.7. The van der Waals surface area contributed by atoms with Gasteiger partial charge in [0.1, 0.15) is 0 Å². The molecule has 1 heterocycles. The molecule has 0 bridgehead atoms. The van der Waals surface area contributed by atoms with Crippen molar-refractivity contribution in [1.82, 2.24) is 9.88 Å². The summed E-state index contributed by atoms with van der Waals surface area (Å²) in [5.74, 6) is 0.549. The number of nitrogens with two attached hydrogens (primary N) is 1. The van der Waals surface area contributed by atoms with Crippen molar-refractivity contribution >= 4 is 5.91 Å². The minimum absolute atomic E-state index is 0.245. The zero-order chi connectivity index (χ0) is 12.3. The second-order valence-electron chi connectivity index (χ2n) is 4.77. The Labute approximate surface area is 102 Å². The van der Waals surface area contributed by atoms with Crippen LogP contribution >= 0.6 is 0 Å². The first-order valence-corrected chi connectivity index (χ1v) is 6.38. The van der Waals surface area contributed by atoms with Gasteiger partial charge in [-0.15, -0.1) is 0 Å². The smallest absolute Gasteiger partial charge is 0.219 e. The summed E-state index contributed by atoms with van der Waals surface area (Å²) in [6.45, 7) is 3.81. The van der Waals surface area contributed by atoms with Gasteiger partial charge in [0.15, 0.2) is 0 Å². The summed E-state index contributed by atoms with van der Waals surface area (Å²) in [6.07, 6.45) is 7.22. The molecule has 94 valence electrons. The molecule has 0 radical (unpaired) electrons. The van der Waals surface area contributed by atoms with Crippen LogP contribution in [0.2, 0.25) is 0 Å². The lowest BCUT2D eigenvalue weighted by Gasteiger charge is -2.15. The maximum Gasteiger partial charge on any atom is 0.219 e. The Morgan fingerprint density at radius 2 is 2.41 bits per heavy atom. The number of rotatable bonds is 7. The average Bonchev–Trinajstić information content (AvgIpc) is 3.02.